The lowest BCUT2D eigenvalue weighted by Crippen LogP contribution is -2.43. The summed E-state index contributed by atoms with van der Waals surface area (Å²) in [5.74, 6) is 0.0123. The maximum absolute atomic E-state index is 14.0. The average molecular weight is 252 g/mol. The molecule has 3 nitrogen and oxygen atoms in total. The van der Waals surface area contributed by atoms with Crippen molar-refractivity contribution < 1.29 is 9.50 Å². The van der Waals surface area contributed by atoms with E-state index in [2.05, 4.69) is 0 Å². The van der Waals surface area contributed by atoms with Gasteiger partial charge < -0.3 is 15.7 Å². The number of benzene rings is 1. The molecule has 18 heavy (non-hydrogen) atoms. The molecular formula is C14H21FN2O. The molecule has 3 unspecified atom stereocenters. The number of nitrogens with two attached hydrogens (primary N) is 1. The van der Waals surface area contributed by atoms with Crippen LogP contribution in [0.25, 0.3) is 0 Å². The summed E-state index contributed by atoms with van der Waals surface area (Å²) in [4.78, 5) is 1.92. The molecule has 0 aromatic heterocycles. The first-order valence-electron chi connectivity index (χ1n) is 6.47. The monoisotopic (exact) mass is 252 g/mol. The van der Waals surface area contributed by atoms with Gasteiger partial charge in [0.1, 0.15) is 5.82 Å². The molecule has 1 fully saturated rings. The molecule has 0 radical (unpaired) electrons. The quantitative estimate of drug-likeness (QED) is 0.847. The lowest BCUT2D eigenvalue weighted by atomic mass is 9.94. The third-order valence-corrected chi connectivity index (χ3v) is 3.74. The van der Waals surface area contributed by atoms with E-state index >= 15 is 0 Å². The van der Waals surface area contributed by atoms with Crippen LogP contribution in [0.3, 0.4) is 0 Å². The number of aliphatic hydroxyl groups is 1. The molecule has 0 saturated carbocycles. The number of rotatable bonds is 2. The van der Waals surface area contributed by atoms with Crippen LogP contribution in [0.5, 0.6) is 0 Å². The molecule has 0 amide bonds. The number of nitrogens with zero attached hydrogens (tertiary/aromatic N) is 1. The molecule has 2 rings (SSSR count). The average Bonchev–Trinajstić information content (AvgIpc) is 2.32. The minimum atomic E-state index is -0.403. The van der Waals surface area contributed by atoms with Gasteiger partial charge >= 0.3 is 0 Å². The van der Waals surface area contributed by atoms with Crippen molar-refractivity contribution in [2.45, 2.75) is 32.4 Å². The Morgan fingerprint density at radius 1 is 1.50 bits per heavy atom. The van der Waals surface area contributed by atoms with Crippen LogP contribution < -0.4 is 10.6 Å². The molecule has 3 atom stereocenters. The highest BCUT2D eigenvalue weighted by Gasteiger charge is 2.27. The molecule has 3 N–H and O–H groups in total. The van der Waals surface area contributed by atoms with E-state index < -0.39 is 6.10 Å². The number of para-hydroxylation sites is 1. The van der Waals surface area contributed by atoms with Gasteiger partial charge in [0.15, 0.2) is 0 Å². The number of hydrogen-bond acceptors (Lipinski definition) is 3. The molecule has 1 aliphatic rings. The van der Waals surface area contributed by atoms with Crippen molar-refractivity contribution in [3.63, 3.8) is 0 Å². The van der Waals surface area contributed by atoms with Gasteiger partial charge in [0.25, 0.3) is 0 Å². The number of anilines is 1. The Balaban J connectivity index is 2.33. The Kier molecular flexibility index (Phi) is 3.88. The summed E-state index contributed by atoms with van der Waals surface area (Å²) in [5, 5.41) is 9.93. The minimum Gasteiger partial charge on any atom is -0.391 e. The fraction of sp³-hybridized carbons (Fsp3) is 0.571. The van der Waals surface area contributed by atoms with Crippen LogP contribution in [0.1, 0.15) is 31.9 Å². The topological polar surface area (TPSA) is 49.5 Å². The van der Waals surface area contributed by atoms with Crippen molar-refractivity contribution in [2.75, 3.05) is 18.0 Å². The zero-order valence-corrected chi connectivity index (χ0v) is 10.9. The first-order chi connectivity index (χ1) is 8.50. The van der Waals surface area contributed by atoms with Crippen molar-refractivity contribution in [1.82, 2.24) is 0 Å². The summed E-state index contributed by atoms with van der Waals surface area (Å²) in [6, 6.07) is 4.77. The van der Waals surface area contributed by atoms with E-state index in [-0.39, 0.29) is 17.8 Å². The van der Waals surface area contributed by atoms with Crippen LogP contribution in [-0.4, -0.2) is 24.3 Å². The van der Waals surface area contributed by atoms with E-state index in [4.69, 9.17) is 5.73 Å². The minimum absolute atomic E-state index is 0.216. The van der Waals surface area contributed by atoms with Crippen molar-refractivity contribution >= 4 is 5.69 Å². The molecule has 1 aromatic rings. The van der Waals surface area contributed by atoms with Gasteiger partial charge in [-0.1, -0.05) is 19.1 Å². The van der Waals surface area contributed by atoms with Gasteiger partial charge in [-0.3, -0.25) is 0 Å². The molecule has 0 spiro atoms. The molecule has 1 aromatic carbocycles. The lowest BCUT2D eigenvalue weighted by molar-refractivity contribution is 0.102. The molecular weight excluding hydrogens is 231 g/mol. The van der Waals surface area contributed by atoms with Gasteiger partial charge in [-0.15, -0.1) is 0 Å². The summed E-state index contributed by atoms with van der Waals surface area (Å²) in [5.41, 5.74) is 7.25. The fourth-order valence-corrected chi connectivity index (χ4v) is 2.49. The van der Waals surface area contributed by atoms with Crippen molar-refractivity contribution in [3.05, 3.63) is 29.6 Å². The summed E-state index contributed by atoms with van der Waals surface area (Å²) in [6.07, 6.45) is 0.466. The second kappa shape index (κ2) is 5.24. The van der Waals surface area contributed by atoms with Crippen molar-refractivity contribution in [3.8, 4) is 0 Å². The molecule has 1 heterocycles. The van der Waals surface area contributed by atoms with Gasteiger partial charge in [0.2, 0.25) is 0 Å². The van der Waals surface area contributed by atoms with E-state index in [1.54, 1.807) is 6.07 Å². The summed E-state index contributed by atoms with van der Waals surface area (Å²) >= 11 is 0. The van der Waals surface area contributed by atoms with Crippen LogP contribution in [0.15, 0.2) is 18.2 Å². The zero-order valence-electron chi connectivity index (χ0n) is 10.9. The molecule has 1 saturated heterocycles. The third kappa shape index (κ3) is 2.49. The molecule has 1 aliphatic heterocycles. The Hall–Kier alpha value is -1.13. The van der Waals surface area contributed by atoms with Crippen LogP contribution in [-0.2, 0) is 0 Å². The van der Waals surface area contributed by atoms with Gasteiger partial charge in [0.05, 0.1) is 11.8 Å². The number of piperidine rings is 1. The third-order valence-electron chi connectivity index (χ3n) is 3.74. The Labute approximate surface area is 107 Å². The summed E-state index contributed by atoms with van der Waals surface area (Å²) in [6.45, 7) is 5.11. The predicted octanol–water partition coefficient (Wildman–Crippen LogP) is 2.05. The molecule has 0 bridgehead atoms. The maximum atomic E-state index is 14.0. The van der Waals surface area contributed by atoms with E-state index in [1.165, 1.54) is 6.07 Å². The summed E-state index contributed by atoms with van der Waals surface area (Å²) < 4.78 is 14.0. The van der Waals surface area contributed by atoms with E-state index in [0.29, 0.717) is 12.2 Å². The number of aliphatic hydroxyl groups excluding tert-OH is 1. The van der Waals surface area contributed by atoms with Crippen LogP contribution in [0, 0.1) is 11.7 Å². The van der Waals surface area contributed by atoms with Gasteiger partial charge in [-0.2, -0.15) is 0 Å². The Morgan fingerprint density at radius 2 is 2.22 bits per heavy atom. The van der Waals surface area contributed by atoms with E-state index in [0.717, 1.165) is 18.5 Å². The highest BCUT2D eigenvalue weighted by molar-refractivity contribution is 5.56. The molecule has 4 heteroatoms. The van der Waals surface area contributed by atoms with Crippen LogP contribution in [0.4, 0.5) is 10.1 Å². The van der Waals surface area contributed by atoms with Gasteiger partial charge in [-0.05, 0) is 30.9 Å². The smallest absolute Gasteiger partial charge is 0.146 e. The lowest BCUT2D eigenvalue weighted by Gasteiger charge is -2.37. The summed E-state index contributed by atoms with van der Waals surface area (Å²) in [7, 11) is 0. The normalized spacial score (nSPS) is 26.2. The number of halogens is 1. The Bertz CT molecular complexity index is 422. The molecule has 0 aliphatic carbocycles. The highest BCUT2D eigenvalue weighted by atomic mass is 19.1. The largest absolute Gasteiger partial charge is 0.391 e. The van der Waals surface area contributed by atoms with Gasteiger partial charge in [-0.25, -0.2) is 4.39 Å². The number of β-amino-alcohol motifs (C(OH)–C–C–N with tert-alkyl or cyclic N) is 1. The second-order valence-electron chi connectivity index (χ2n) is 5.25. The fourth-order valence-electron chi connectivity index (χ4n) is 2.49. The van der Waals surface area contributed by atoms with Crippen molar-refractivity contribution in [1.29, 1.82) is 0 Å². The van der Waals surface area contributed by atoms with Gasteiger partial charge in [0, 0.05) is 19.1 Å². The molecule has 100 valence electrons. The zero-order chi connectivity index (χ0) is 13.3. The maximum Gasteiger partial charge on any atom is 0.146 e. The highest BCUT2D eigenvalue weighted by Crippen LogP contribution is 2.31. The second-order valence-corrected chi connectivity index (χ2v) is 5.25. The standard InChI is InChI=1S/C14H21FN2O/c1-9-6-7-17(8-13(9)18)14-11(10(2)16)4-3-5-12(14)15/h3-5,9-10,13,18H,6-8,16H2,1-2H3. The van der Waals surface area contributed by atoms with Crippen LogP contribution in [0.2, 0.25) is 0 Å². The SMILES string of the molecule is CC(N)c1cccc(F)c1N1CCC(C)C(O)C1. The first kappa shape index (κ1) is 13.3. The van der Waals surface area contributed by atoms with E-state index in [9.17, 15) is 9.50 Å². The first-order valence-corrected chi connectivity index (χ1v) is 6.47. The van der Waals surface area contributed by atoms with E-state index in [1.807, 2.05) is 24.8 Å². The Morgan fingerprint density at radius 3 is 2.83 bits per heavy atom. The van der Waals surface area contributed by atoms with Crippen molar-refractivity contribution in [2.24, 2.45) is 11.7 Å². The van der Waals surface area contributed by atoms with Crippen LogP contribution >= 0.6 is 0 Å². The number of hydrogen-bond donors (Lipinski definition) is 2. The predicted molar refractivity (Wildman–Crippen MR) is 71.0 cm³/mol.